The van der Waals surface area contributed by atoms with Gasteiger partial charge in [0.25, 0.3) is 5.91 Å². The molecule has 3 heterocycles. The maximum Gasteiger partial charge on any atom is 0.490 e. The zero-order valence-electron chi connectivity index (χ0n) is 23.8. The van der Waals surface area contributed by atoms with Crippen molar-refractivity contribution >= 4 is 35.2 Å². The molecule has 2 aromatic rings. The van der Waals surface area contributed by atoms with E-state index in [4.69, 9.17) is 14.6 Å². The monoisotopic (exact) mass is 593 g/mol. The van der Waals surface area contributed by atoms with Gasteiger partial charge in [-0.15, -0.1) is 0 Å². The molecular formula is C28H34F3N5O6. The lowest BCUT2D eigenvalue weighted by Crippen LogP contribution is -2.43. The summed E-state index contributed by atoms with van der Waals surface area (Å²) >= 11 is 0. The van der Waals surface area contributed by atoms with Crippen LogP contribution in [0.5, 0.6) is 0 Å². The second kappa shape index (κ2) is 13.3. The molecule has 0 unspecified atom stereocenters. The number of morpholine rings is 1. The highest BCUT2D eigenvalue weighted by Crippen LogP contribution is 2.36. The van der Waals surface area contributed by atoms with Crippen LogP contribution in [0.1, 0.15) is 44.7 Å². The second-order valence-corrected chi connectivity index (χ2v) is 10.6. The van der Waals surface area contributed by atoms with E-state index in [1.54, 1.807) is 43.3 Å². The quantitative estimate of drug-likeness (QED) is 0.463. The summed E-state index contributed by atoms with van der Waals surface area (Å²) in [5, 5.41) is 10.1. The summed E-state index contributed by atoms with van der Waals surface area (Å²) < 4.78 is 37.1. The molecule has 2 saturated heterocycles. The predicted octanol–water partition coefficient (Wildman–Crippen LogP) is 3.86. The van der Waals surface area contributed by atoms with Crippen LogP contribution in [0.3, 0.4) is 0 Å². The molecule has 0 spiro atoms. The standard InChI is InChI=1S/C26H33N5O4.C2HF3O2/c1-18(2)21-6-5-20(15-22(21)28-23(32)17-29-11-13-35-14-12-29)31-24(33)26(3,4)30(25(31)34)16-19-7-9-27-10-8-19;3-2(4,5)1(6)7/h5-10,15,18H,11-14,16-17H2,1-4H3,(H,28,32);(H,6,7). The third-order valence-electron chi connectivity index (χ3n) is 6.82. The summed E-state index contributed by atoms with van der Waals surface area (Å²) in [5.74, 6) is -3.05. The minimum absolute atomic E-state index is 0.135. The molecule has 0 saturated carbocycles. The van der Waals surface area contributed by atoms with Crippen molar-refractivity contribution in [3.8, 4) is 0 Å². The molecule has 0 aliphatic carbocycles. The van der Waals surface area contributed by atoms with Gasteiger partial charge in [0.05, 0.1) is 25.4 Å². The third-order valence-corrected chi connectivity index (χ3v) is 6.82. The Morgan fingerprint density at radius 3 is 2.24 bits per heavy atom. The first-order valence-corrected chi connectivity index (χ1v) is 13.2. The zero-order valence-corrected chi connectivity index (χ0v) is 23.8. The van der Waals surface area contributed by atoms with Crippen molar-refractivity contribution in [3.63, 3.8) is 0 Å². The average molecular weight is 594 g/mol. The summed E-state index contributed by atoms with van der Waals surface area (Å²) in [7, 11) is 0. The van der Waals surface area contributed by atoms with E-state index >= 15 is 0 Å². The number of urea groups is 1. The van der Waals surface area contributed by atoms with Crippen LogP contribution in [0.15, 0.2) is 42.7 Å². The number of carbonyl (C=O) groups excluding carboxylic acids is 3. The molecule has 1 aromatic heterocycles. The van der Waals surface area contributed by atoms with Gasteiger partial charge in [-0.25, -0.2) is 14.5 Å². The number of alkyl halides is 3. The highest BCUT2D eigenvalue weighted by molar-refractivity contribution is 6.23. The molecule has 42 heavy (non-hydrogen) atoms. The number of carbonyl (C=O) groups is 4. The van der Waals surface area contributed by atoms with E-state index in [2.05, 4.69) is 10.3 Å². The van der Waals surface area contributed by atoms with Crippen molar-refractivity contribution in [1.29, 1.82) is 0 Å². The van der Waals surface area contributed by atoms with Crippen LogP contribution in [0.2, 0.25) is 0 Å². The summed E-state index contributed by atoms with van der Waals surface area (Å²) in [6.07, 6.45) is -1.75. The predicted molar refractivity (Wildman–Crippen MR) is 147 cm³/mol. The van der Waals surface area contributed by atoms with Crippen molar-refractivity contribution in [2.24, 2.45) is 0 Å². The third kappa shape index (κ3) is 7.82. The summed E-state index contributed by atoms with van der Waals surface area (Å²) in [5.41, 5.74) is 1.87. The number of benzene rings is 1. The SMILES string of the molecule is CC(C)c1ccc(N2C(=O)N(Cc3ccncc3)C(C)(C)C2=O)cc1NC(=O)CN1CCOCC1.O=C(O)C(F)(F)F. The van der Waals surface area contributed by atoms with Crippen molar-refractivity contribution in [2.75, 3.05) is 43.1 Å². The van der Waals surface area contributed by atoms with Gasteiger partial charge < -0.3 is 20.1 Å². The molecule has 228 valence electrons. The molecular weight excluding hydrogens is 559 g/mol. The van der Waals surface area contributed by atoms with E-state index in [0.717, 1.165) is 11.1 Å². The Kier molecular flexibility index (Phi) is 10.3. The van der Waals surface area contributed by atoms with Crippen LogP contribution in [0.25, 0.3) is 0 Å². The van der Waals surface area contributed by atoms with Gasteiger partial charge in [-0.05, 0) is 55.2 Å². The molecule has 11 nitrogen and oxygen atoms in total. The van der Waals surface area contributed by atoms with Crippen LogP contribution in [0.4, 0.5) is 29.3 Å². The largest absolute Gasteiger partial charge is 0.490 e. The lowest BCUT2D eigenvalue weighted by atomic mass is 9.99. The highest BCUT2D eigenvalue weighted by atomic mass is 19.4. The smallest absolute Gasteiger partial charge is 0.475 e. The number of rotatable bonds is 7. The van der Waals surface area contributed by atoms with Gasteiger partial charge in [0.15, 0.2) is 0 Å². The zero-order chi connectivity index (χ0) is 31.2. The number of halogens is 3. The first kappa shape index (κ1) is 32.5. The van der Waals surface area contributed by atoms with Crippen LogP contribution in [-0.4, -0.2) is 88.3 Å². The number of ether oxygens (including phenoxy) is 1. The van der Waals surface area contributed by atoms with Crippen LogP contribution in [-0.2, 0) is 25.7 Å². The van der Waals surface area contributed by atoms with Gasteiger partial charge in [0, 0.05) is 37.7 Å². The molecule has 2 N–H and O–H groups in total. The Hall–Kier alpha value is -4.04. The lowest BCUT2D eigenvalue weighted by molar-refractivity contribution is -0.192. The van der Waals surface area contributed by atoms with Crippen LogP contribution >= 0.6 is 0 Å². The average Bonchev–Trinajstić information content (AvgIpc) is 3.08. The fourth-order valence-corrected chi connectivity index (χ4v) is 4.45. The minimum Gasteiger partial charge on any atom is -0.475 e. The van der Waals surface area contributed by atoms with Crippen molar-refractivity contribution in [2.45, 2.75) is 51.9 Å². The maximum absolute atomic E-state index is 13.5. The number of nitrogens with one attached hydrogen (secondary N) is 1. The molecule has 2 fully saturated rings. The Bertz CT molecular complexity index is 1300. The number of aliphatic carboxylic acids is 1. The molecule has 0 radical (unpaired) electrons. The van der Waals surface area contributed by atoms with E-state index in [0.29, 0.717) is 44.2 Å². The highest BCUT2D eigenvalue weighted by Gasteiger charge is 2.51. The Morgan fingerprint density at radius 1 is 1.10 bits per heavy atom. The number of pyridine rings is 1. The van der Waals surface area contributed by atoms with Crippen LogP contribution < -0.4 is 10.2 Å². The number of hydrogen-bond donors (Lipinski definition) is 2. The van der Waals surface area contributed by atoms with Gasteiger partial charge >= 0.3 is 18.2 Å². The van der Waals surface area contributed by atoms with Crippen LogP contribution in [0, 0.1) is 0 Å². The Balaban J connectivity index is 0.000000616. The molecule has 1 aromatic carbocycles. The van der Waals surface area contributed by atoms with E-state index < -0.39 is 17.7 Å². The second-order valence-electron chi connectivity index (χ2n) is 10.6. The van der Waals surface area contributed by atoms with Gasteiger partial charge in [0.2, 0.25) is 5.91 Å². The topological polar surface area (TPSA) is 132 Å². The Labute approximate surface area is 241 Å². The molecule has 0 bridgehead atoms. The lowest BCUT2D eigenvalue weighted by Gasteiger charge is -2.27. The molecule has 14 heteroatoms. The number of carboxylic acids is 1. The van der Waals surface area contributed by atoms with Gasteiger partial charge in [-0.2, -0.15) is 13.2 Å². The summed E-state index contributed by atoms with van der Waals surface area (Å²) in [6.45, 7) is 10.8. The molecule has 4 amide bonds. The van der Waals surface area contributed by atoms with E-state index in [-0.39, 0.29) is 30.3 Å². The van der Waals surface area contributed by atoms with E-state index in [1.807, 2.05) is 36.9 Å². The first-order chi connectivity index (χ1) is 19.6. The van der Waals surface area contributed by atoms with Gasteiger partial charge in [0.1, 0.15) is 5.54 Å². The fraction of sp³-hybridized carbons (Fsp3) is 0.464. The number of carboxylic acid groups (broad SMARTS) is 1. The van der Waals surface area contributed by atoms with Crippen molar-refractivity contribution in [1.82, 2.24) is 14.8 Å². The number of amides is 4. The summed E-state index contributed by atoms with van der Waals surface area (Å²) in [4.78, 5) is 57.4. The minimum atomic E-state index is -5.08. The van der Waals surface area contributed by atoms with Crippen molar-refractivity contribution in [3.05, 3.63) is 53.9 Å². The number of anilines is 2. The number of aromatic nitrogens is 1. The van der Waals surface area contributed by atoms with Gasteiger partial charge in [-0.3, -0.25) is 19.5 Å². The maximum atomic E-state index is 13.5. The fourth-order valence-electron chi connectivity index (χ4n) is 4.45. The molecule has 2 aliphatic rings. The van der Waals surface area contributed by atoms with Crippen molar-refractivity contribution < 1.29 is 42.2 Å². The Morgan fingerprint density at radius 2 is 1.69 bits per heavy atom. The number of imide groups is 1. The first-order valence-electron chi connectivity index (χ1n) is 13.2. The van der Waals surface area contributed by atoms with E-state index in [1.165, 1.54) is 4.90 Å². The molecule has 0 atom stereocenters. The number of nitrogens with zero attached hydrogens (tertiary/aromatic N) is 4. The summed E-state index contributed by atoms with van der Waals surface area (Å²) in [6, 6.07) is 8.65. The number of hydrogen-bond acceptors (Lipinski definition) is 7. The van der Waals surface area contributed by atoms with Gasteiger partial charge in [-0.1, -0.05) is 19.9 Å². The van der Waals surface area contributed by atoms with E-state index in [9.17, 15) is 27.6 Å². The molecule has 2 aliphatic heterocycles. The normalized spacial score (nSPS) is 17.2. The molecule has 4 rings (SSSR count).